The molecule has 0 radical (unpaired) electrons. The third kappa shape index (κ3) is 4.85. The Morgan fingerprint density at radius 3 is 2.35 bits per heavy atom. The van der Waals surface area contributed by atoms with E-state index in [-0.39, 0.29) is 30.6 Å². The largest absolute Gasteiger partial charge is 0.416 e. The molecule has 1 atom stereocenters. The van der Waals surface area contributed by atoms with Crippen molar-refractivity contribution in [3.05, 3.63) is 64.7 Å². The molecule has 1 aliphatic heterocycles. The first kappa shape index (κ1) is 23.1. The first-order valence-electron chi connectivity index (χ1n) is 9.62. The van der Waals surface area contributed by atoms with Gasteiger partial charge < -0.3 is 9.80 Å². The highest BCUT2D eigenvalue weighted by Crippen LogP contribution is 2.33. The number of amides is 2. The number of nitrogens with zero attached hydrogens (tertiary/aromatic N) is 2. The number of hydrogen-bond donors (Lipinski definition) is 0. The standard InChI is InChI=1S/C21H23F3N2O4S/c1-4-30-31(28,29)17-10-5-14(2)18(11-17)19-13-26(20(27)25(19)3)12-15-6-8-16(9-7-15)21(22,23)24/h5-11,19H,4,12-13H2,1-3H3. The van der Waals surface area contributed by atoms with Gasteiger partial charge in [0.25, 0.3) is 10.1 Å². The van der Waals surface area contributed by atoms with Crippen molar-refractivity contribution in [2.24, 2.45) is 0 Å². The number of urea groups is 1. The van der Waals surface area contributed by atoms with Crippen LogP contribution in [0.2, 0.25) is 0 Å². The van der Waals surface area contributed by atoms with Crippen molar-refractivity contribution in [2.45, 2.75) is 37.5 Å². The summed E-state index contributed by atoms with van der Waals surface area (Å²) in [6.45, 7) is 3.83. The highest BCUT2D eigenvalue weighted by Gasteiger charge is 2.37. The third-order valence-corrected chi connectivity index (χ3v) is 6.64. The molecule has 1 unspecified atom stereocenters. The molecule has 3 rings (SSSR count). The van der Waals surface area contributed by atoms with E-state index in [9.17, 15) is 26.4 Å². The maximum atomic E-state index is 12.8. The number of hydrogen-bond acceptors (Lipinski definition) is 4. The van der Waals surface area contributed by atoms with Crippen LogP contribution in [0, 0.1) is 6.92 Å². The number of alkyl halides is 3. The molecule has 31 heavy (non-hydrogen) atoms. The molecule has 2 aromatic carbocycles. The van der Waals surface area contributed by atoms with Crippen molar-refractivity contribution in [2.75, 3.05) is 20.2 Å². The zero-order valence-electron chi connectivity index (χ0n) is 17.3. The summed E-state index contributed by atoms with van der Waals surface area (Å²) >= 11 is 0. The summed E-state index contributed by atoms with van der Waals surface area (Å²) in [6.07, 6.45) is -4.42. The van der Waals surface area contributed by atoms with Crippen LogP contribution in [0.5, 0.6) is 0 Å². The molecule has 0 saturated carbocycles. The van der Waals surface area contributed by atoms with Crippen molar-refractivity contribution in [3.8, 4) is 0 Å². The van der Waals surface area contributed by atoms with Gasteiger partial charge >= 0.3 is 12.2 Å². The molecule has 1 aliphatic rings. The first-order valence-corrected chi connectivity index (χ1v) is 11.0. The molecular weight excluding hydrogens is 433 g/mol. The summed E-state index contributed by atoms with van der Waals surface area (Å²) < 4.78 is 67.7. The molecule has 10 heteroatoms. The smallest absolute Gasteiger partial charge is 0.319 e. The van der Waals surface area contributed by atoms with Crippen LogP contribution in [0.4, 0.5) is 18.0 Å². The number of likely N-dealkylation sites (N-methyl/N-ethyl adjacent to an activating group) is 1. The lowest BCUT2D eigenvalue weighted by Gasteiger charge is -2.20. The summed E-state index contributed by atoms with van der Waals surface area (Å²) in [5, 5.41) is 0. The van der Waals surface area contributed by atoms with Crippen LogP contribution >= 0.6 is 0 Å². The lowest BCUT2D eigenvalue weighted by atomic mass is 10.0. The van der Waals surface area contributed by atoms with Gasteiger partial charge in [0.1, 0.15) is 0 Å². The van der Waals surface area contributed by atoms with Crippen LogP contribution in [0.15, 0.2) is 47.4 Å². The van der Waals surface area contributed by atoms with Crippen molar-refractivity contribution in [3.63, 3.8) is 0 Å². The van der Waals surface area contributed by atoms with Gasteiger partial charge in [0.2, 0.25) is 0 Å². The Hall–Kier alpha value is -2.59. The Kier molecular flexibility index (Phi) is 6.33. The van der Waals surface area contributed by atoms with Gasteiger partial charge in [0.05, 0.1) is 23.1 Å². The van der Waals surface area contributed by atoms with Crippen molar-refractivity contribution in [1.29, 1.82) is 0 Å². The normalized spacial score (nSPS) is 17.5. The fourth-order valence-electron chi connectivity index (χ4n) is 3.58. The molecule has 2 amide bonds. The van der Waals surface area contributed by atoms with Gasteiger partial charge in [0, 0.05) is 20.1 Å². The van der Waals surface area contributed by atoms with Crippen molar-refractivity contribution in [1.82, 2.24) is 9.80 Å². The van der Waals surface area contributed by atoms with E-state index in [1.165, 1.54) is 34.1 Å². The lowest BCUT2D eigenvalue weighted by Crippen LogP contribution is -2.29. The van der Waals surface area contributed by atoms with Crippen LogP contribution in [0.3, 0.4) is 0 Å². The minimum absolute atomic E-state index is 0.00820. The fourth-order valence-corrected chi connectivity index (χ4v) is 4.53. The number of halogens is 3. The molecule has 0 N–H and O–H groups in total. The lowest BCUT2D eigenvalue weighted by molar-refractivity contribution is -0.137. The van der Waals surface area contributed by atoms with E-state index in [1.54, 1.807) is 20.0 Å². The SMILES string of the molecule is CCOS(=O)(=O)c1ccc(C)c(C2CN(Cc3ccc(C(F)(F)F)cc3)C(=O)N2C)c1. The molecule has 168 valence electrons. The summed E-state index contributed by atoms with van der Waals surface area (Å²) in [6, 6.07) is 8.62. The van der Waals surface area contributed by atoms with E-state index in [4.69, 9.17) is 4.18 Å². The van der Waals surface area contributed by atoms with Crippen LogP contribution in [-0.4, -0.2) is 44.4 Å². The van der Waals surface area contributed by atoms with Gasteiger partial charge in [-0.1, -0.05) is 18.2 Å². The maximum absolute atomic E-state index is 12.8. The number of benzene rings is 2. The molecule has 1 fully saturated rings. The van der Waals surface area contributed by atoms with Crippen LogP contribution in [-0.2, 0) is 27.0 Å². The van der Waals surface area contributed by atoms with Crippen molar-refractivity contribution >= 4 is 16.1 Å². The molecule has 1 heterocycles. The summed E-state index contributed by atoms with van der Waals surface area (Å²) in [5.41, 5.74) is 1.31. The Balaban J connectivity index is 1.83. The average molecular weight is 456 g/mol. The monoisotopic (exact) mass is 456 g/mol. The van der Waals surface area contributed by atoms with E-state index >= 15 is 0 Å². The summed E-state index contributed by atoms with van der Waals surface area (Å²) in [5.74, 6) is 0. The highest BCUT2D eigenvalue weighted by molar-refractivity contribution is 7.86. The van der Waals surface area contributed by atoms with E-state index in [1.807, 2.05) is 6.92 Å². The Labute approximate surface area is 179 Å². The Morgan fingerprint density at radius 2 is 1.77 bits per heavy atom. The van der Waals surface area contributed by atoms with Gasteiger partial charge in [-0.25, -0.2) is 4.79 Å². The van der Waals surface area contributed by atoms with Gasteiger partial charge in [-0.15, -0.1) is 0 Å². The summed E-state index contributed by atoms with van der Waals surface area (Å²) in [4.78, 5) is 15.8. The number of rotatable bonds is 6. The molecule has 2 aromatic rings. The van der Waals surface area contributed by atoms with E-state index in [2.05, 4.69) is 0 Å². The maximum Gasteiger partial charge on any atom is 0.416 e. The number of carbonyl (C=O) groups excluding carboxylic acids is 1. The Bertz CT molecular complexity index is 1070. The topological polar surface area (TPSA) is 66.9 Å². The van der Waals surface area contributed by atoms with Crippen LogP contribution in [0.25, 0.3) is 0 Å². The summed E-state index contributed by atoms with van der Waals surface area (Å²) in [7, 11) is -2.28. The van der Waals surface area contributed by atoms with Gasteiger partial charge in [-0.3, -0.25) is 4.18 Å². The second kappa shape index (κ2) is 8.51. The predicted octanol–water partition coefficient (Wildman–Crippen LogP) is 4.35. The third-order valence-electron chi connectivity index (χ3n) is 5.26. The molecule has 6 nitrogen and oxygen atoms in total. The zero-order valence-corrected chi connectivity index (χ0v) is 18.1. The van der Waals surface area contributed by atoms with Crippen LogP contribution in [0.1, 0.15) is 35.2 Å². The van der Waals surface area contributed by atoms with Gasteiger partial charge in [-0.2, -0.15) is 21.6 Å². The van der Waals surface area contributed by atoms with E-state index in [0.29, 0.717) is 11.1 Å². The minimum Gasteiger partial charge on any atom is -0.319 e. The molecule has 1 saturated heterocycles. The molecule has 0 spiro atoms. The molecule has 0 aliphatic carbocycles. The molecule has 0 bridgehead atoms. The van der Waals surface area contributed by atoms with Crippen molar-refractivity contribution < 1.29 is 30.6 Å². The predicted molar refractivity (Wildman–Crippen MR) is 108 cm³/mol. The minimum atomic E-state index is -4.42. The molecular formula is C21H23F3N2O4S. The van der Waals surface area contributed by atoms with E-state index < -0.39 is 27.9 Å². The number of aryl methyl sites for hydroxylation is 1. The van der Waals surface area contributed by atoms with Gasteiger partial charge in [-0.05, 0) is 54.8 Å². The van der Waals surface area contributed by atoms with E-state index in [0.717, 1.165) is 17.7 Å². The van der Waals surface area contributed by atoms with Crippen LogP contribution < -0.4 is 0 Å². The van der Waals surface area contributed by atoms with Gasteiger partial charge in [0.15, 0.2) is 0 Å². The second-order valence-corrected chi connectivity index (χ2v) is 8.98. The highest BCUT2D eigenvalue weighted by atomic mass is 32.2. The first-order chi connectivity index (χ1) is 14.4. The number of carbonyl (C=O) groups is 1. The second-order valence-electron chi connectivity index (χ2n) is 7.36. The zero-order chi connectivity index (χ0) is 23.0. The Morgan fingerprint density at radius 1 is 1.13 bits per heavy atom. The average Bonchev–Trinajstić information content (AvgIpc) is 2.96. The fraction of sp³-hybridized carbons (Fsp3) is 0.381. The quantitative estimate of drug-likeness (QED) is 0.607. The molecule has 0 aromatic heterocycles.